The van der Waals surface area contributed by atoms with Gasteiger partial charge in [-0.3, -0.25) is 0 Å². The van der Waals surface area contributed by atoms with E-state index in [0.717, 1.165) is 29.6 Å². The third-order valence-corrected chi connectivity index (χ3v) is 4.92. The summed E-state index contributed by atoms with van der Waals surface area (Å²) in [6, 6.07) is 7.83. The Hall–Kier alpha value is -0.800. The molecule has 17 heavy (non-hydrogen) atoms. The Morgan fingerprint density at radius 1 is 1.47 bits per heavy atom. The van der Waals surface area contributed by atoms with Crippen LogP contribution in [0.1, 0.15) is 32.3 Å². The van der Waals surface area contributed by atoms with Gasteiger partial charge in [-0.25, -0.2) is 0 Å². The number of fused-ring (bicyclic) bond motifs is 1. The molecule has 1 heterocycles. The third kappa shape index (κ3) is 2.14. The lowest BCUT2D eigenvalue weighted by Crippen LogP contribution is -2.42. The normalized spacial score (nSPS) is 31.9. The van der Waals surface area contributed by atoms with E-state index in [0.29, 0.717) is 0 Å². The number of aliphatic hydroxyl groups is 1. The largest absolute Gasteiger partial charge is 0.385 e. The van der Waals surface area contributed by atoms with Crippen molar-refractivity contribution in [2.75, 3.05) is 0 Å². The number of carbonyl (C=O) groups is 1. The first-order chi connectivity index (χ1) is 8.11. The summed E-state index contributed by atoms with van der Waals surface area (Å²) in [6.45, 7) is 3.87. The highest BCUT2D eigenvalue weighted by atomic mass is 32.2. The standard InChI is InChI=1S/C14H18O2S/c1-3-6-12-11(9-15)14(2,16)10-7-4-5-8-13(10)17-12/h4-5,7-9,11-12,16H,3,6H2,1-2H3/t11-,12-,14-/m1/s1. The maximum absolute atomic E-state index is 11.3. The molecule has 0 amide bonds. The van der Waals surface area contributed by atoms with Crippen molar-refractivity contribution in [1.29, 1.82) is 0 Å². The van der Waals surface area contributed by atoms with Gasteiger partial charge in [0.1, 0.15) is 6.29 Å². The van der Waals surface area contributed by atoms with Crippen molar-refractivity contribution in [3.8, 4) is 0 Å². The second kappa shape index (κ2) is 4.83. The zero-order valence-electron chi connectivity index (χ0n) is 10.2. The lowest BCUT2D eigenvalue weighted by atomic mass is 9.80. The highest BCUT2D eigenvalue weighted by molar-refractivity contribution is 8.00. The molecule has 0 aliphatic carbocycles. The quantitative estimate of drug-likeness (QED) is 0.838. The summed E-state index contributed by atoms with van der Waals surface area (Å²) in [5.74, 6) is -0.317. The van der Waals surface area contributed by atoms with Crippen LogP contribution in [-0.4, -0.2) is 16.6 Å². The van der Waals surface area contributed by atoms with Crippen LogP contribution in [0.3, 0.4) is 0 Å². The van der Waals surface area contributed by atoms with Crippen molar-refractivity contribution in [2.45, 2.75) is 42.4 Å². The van der Waals surface area contributed by atoms with Gasteiger partial charge in [-0.05, 0) is 25.0 Å². The van der Waals surface area contributed by atoms with Gasteiger partial charge in [0.05, 0.1) is 11.5 Å². The summed E-state index contributed by atoms with van der Waals surface area (Å²) >= 11 is 1.73. The van der Waals surface area contributed by atoms with Crippen molar-refractivity contribution in [2.24, 2.45) is 5.92 Å². The fourth-order valence-electron chi connectivity index (χ4n) is 2.51. The first-order valence-electron chi connectivity index (χ1n) is 6.05. The third-order valence-electron chi connectivity index (χ3n) is 3.48. The minimum Gasteiger partial charge on any atom is -0.385 e. The molecule has 0 radical (unpaired) electrons. The van der Waals surface area contributed by atoms with Crippen LogP contribution in [-0.2, 0) is 10.4 Å². The Bertz CT molecular complexity index is 414. The Labute approximate surface area is 106 Å². The number of thioether (sulfide) groups is 1. The first kappa shape index (κ1) is 12.7. The number of rotatable bonds is 3. The molecule has 1 N–H and O–H groups in total. The summed E-state index contributed by atoms with van der Waals surface area (Å²) in [4.78, 5) is 12.4. The molecule has 0 saturated heterocycles. The van der Waals surface area contributed by atoms with E-state index in [1.165, 1.54) is 0 Å². The van der Waals surface area contributed by atoms with Gasteiger partial charge in [-0.1, -0.05) is 31.5 Å². The summed E-state index contributed by atoms with van der Waals surface area (Å²) in [5.41, 5.74) is -0.155. The Kier molecular flexibility index (Phi) is 3.59. The molecular formula is C14H18O2S. The number of carbonyl (C=O) groups excluding carboxylic acids is 1. The van der Waals surface area contributed by atoms with Gasteiger partial charge in [0, 0.05) is 10.1 Å². The fraction of sp³-hybridized carbons (Fsp3) is 0.500. The van der Waals surface area contributed by atoms with Gasteiger partial charge < -0.3 is 9.90 Å². The van der Waals surface area contributed by atoms with E-state index in [1.807, 2.05) is 24.3 Å². The Morgan fingerprint density at radius 3 is 2.82 bits per heavy atom. The van der Waals surface area contributed by atoms with Crippen molar-refractivity contribution in [3.63, 3.8) is 0 Å². The molecule has 0 fully saturated rings. The number of hydrogen-bond acceptors (Lipinski definition) is 3. The molecule has 0 saturated carbocycles. The average Bonchev–Trinajstić information content (AvgIpc) is 2.29. The minimum absolute atomic E-state index is 0.183. The highest BCUT2D eigenvalue weighted by Gasteiger charge is 2.44. The molecule has 3 atom stereocenters. The molecule has 2 rings (SSSR count). The van der Waals surface area contributed by atoms with Crippen molar-refractivity contribution in [3.05, 3.63) is 29.8 Å². The lowest BCUT2D eigenvalue weighted by Gasteiger charge is -2.40. The van der Waals surface area contributed by atoms with Crippen LogP contribution in [0.15, 0.2) is 29.2 Å². The van der Waals surface area contributed by atoms with Gasteiger partial charge in [-0.2, -0.15) is 0 Å². The average molecular weight is 250 g/mol. The molecule has 3 heteroatoms. The van der Waals surface area contributed by atoms with Gasteiger partial charge in [0.15, 0.2) is 0 Å². The SMILES string of the molecule is CCC[C@H]1Sc2ccccc2[C@@](C)(O)[C@@H]1C=O. The molecule has 1 aliphatic rings. The first-order valence-corrected chi connectivity index (χ1v) is 6.93. The van der Waals surface area contributed by atoms with Crippen molar-refractivity contribution in [1.82, 2.24) is 0 Å². The smallest absolute Gasteiger partial charge is 0.127 e. The van der Waals surface area contributed by atoms with Crippen LogP contribution < -0.4 is 0 Å². The Morgan fingerprint density at radius 2 is 2.18 bits per heavy atom. The van der Waals surface area contributed by atoms with Crippen LogP contribution in [0.4, 0.5) is 0 Å². The van der Waals surface area contributed by atoms with Crippen LogP contribution in [0, 0.1) is 5.92 Å². The van der Waals surface area contributed by atoms with Crippen LogP contribution in [0.2, 0.25) is 0 Å². The molecule has 0 bridgehead atoms. The maximum Gasteiger partial charge on any atom is 0.127 e. The summed E-state index contributed by atoms with van der Waals surface area (Å²) < 4.78 is 0. The summed E-state index contributed by atoms with van der Waals surface area (Å²) in [6.07, 6.45) is 2.90. The van der Waals surface area contributed by atoms with Crippen LogP contribution >= 0.6 is 11.8 Å². The van der Waals surface area contributed by atoms with E-state index < -0.39 is 5.60 Å². The van der Waals surface area contributed by atoms with Gasteiger partial charge >= 0.3 is 0 Å². The van der Waals surface area contributed by atoms with Crippen LogP contribution in [0.25, 0.3) is 0 Å². The molecule has 1 aliphatic heterocycles. The summed E-state index contributed by atoms with van der Waals surface area (Å²) in [7, 11) is 0. The number of hydrogen-bond donors (Lipinski definition) is 1. The number of aldehydes is 1. The van der Waals surface area contributed by atoms with E-state index in [1.54, 1.807) is 18.7 Å². The topological polar surface area (TPSA) is 37.3 Å². The van der Waals surface area contributed by atoms with E-state index >= 15 is 0 Å². The van der Waals surface area contributed by atoms with E-state index in [-0.39, 0.29) is 11.2 Å². The predicted octanol–water partition coefficient (Wildman–Crippen LogP) is 2.98. The molecule has 92 valence electrons. The van der Waals surface area contributed by atoms with Crippen LogP contribution in [0.5, 0.6) is 0 Å². The molecule has 0 unspecified atom stereocenters. The zero-order chi connectivity index (χ0) is 12.5. The maximum atomic E-state index is 11.3. The molecular weight excluding hydrogens is 232 g/mol. The lowest BCUT2D eigenvalue weighted by molar-refractivity contribution is -0.120. The second-order valence-corrected chi connectivity index (χ2v) is 6.03. The molecule has 0 aromatic heterocycles. The van der Waals surface area contributed by atoms with Crippen molar-refractivity contribution >= 4 is 18.0 Å². The van der Waals surface area contributed by atoms with Gasteiger partial charge in [0.25, 0.3) is 0 Å². The highest BCUT2D eigenvalue weighted by Crippen LogP contribution is 2.48. The van der Waals surface area contributed by atoms with E-state index in [4.69, 9.17) is 0 Å². The fourth-order valence-corrected chi connectivity index (χ4v) is 4.22. The molecule has 1 aromatic rings. The Balaban J connectivity index is 2.45. The second-order valence-electron chi connectivity index (χ2n) is 4.75. The van der Waals surface area contributed by atoms with E-state index in [9.17, 15) is 9.90 Å². The molecule has 0 spiro atoms. The molecule has 1 aromatic carbocycles. The number of benzene rings is 1. The summed E-state index contributed by atoms with van der Waals surface area (Å²) in [5, 5.41) is 10.8. The molecule has 2 nitrogen and oxygen atoms in total. The van der Waals surface area contributed by atoms with Gasteiger partial charge in [-0.15, -0.1) is 11.8 Å². The zero-order valence-corrected chi connectivity index (χ0v) is 11.0. The van der Waals surface area contributed by atoms with E-state index in [2.05, 4.69) is 6.92 Å². The van der Waals surface area contributed by atoms with Crippen molar-refractivity contribution < 1.29 is 9.90 Å². The minimum atomic E-state index is -1.04. The monoisotopic (exact) mass is 250 g/mol. The van der Waals surface area contributed by atoms with Gasteiger partial charge in [0.2, 0.25) is 0 Å². The predicted molar refractivity (Wildman–Crippen MR) is 70.1 cm³/mol.